The molecule has 144 valence electrons. The number of rotatable bonds is 7. The highest BCUT2D eigenvalue weighted by Crippen LogP contribution is 2.27. The summed E-state index contributed by atoms with van der Waals surface area (Å²) < 4.78 is 28.3. The molecule has 0 aliphatic rings. The maximum atomic E-state index is 13.3. The third-order valence-electron chi connectivity index (χ3n) is 3.87. The van der Waals surface area contributed by atoms with Gasteiger partial charge in [0.1, 0.15) is 11.6 Å². The van der Waals surface area contributed by atoms with Gasteiger partial charge in [-0.3, -0.25) is 9.36 Å². The molecule has 1 atom stereocenters. The smallest absolute Gasteiger partial charge is 0.237 e. The largest absolute Gasteiger partial charge is 0.325 e. The molecule has 3 rings (SSSR count). The van der Waals surface area contributed by atoms with Crippen molar-refractivity contribution < 1.29 is 13.6 Å². The predicted octanol–water partition coefficient (Wildman–Crippen LogP) is 4.53. The van der Waals surface area contributed by atoms with Crippen LogP contribution in [0, 0.1) is 11.6 Å². The Bertz CT molecular complexity index is 988. The molecule has 0 radical (unpaired) electrons. The van der Waals surface area contributed by atoms with Crippen molar-refractivity contribution in [2.75, 3.05) is 5.32 Å². The number of carbonyl (C=O) groups is 1. The number of benzene rings is 2. The van der Waals surface area contributed by atoms with Gasteiger partial charge in [-0.25, -0.2) is 8.78 Å². The van der Waals surface area contributed by atoms with Gasteiger partial charge in [-0.15, -0.1) is 16.8 Å². The molecule has 1 heterocycles. The van der Waals surface area contributed by atoms with E-state index in [1.54, 1.807) is 35.8 Å². The van der Waals surface area contributed by atoms with E-state index in [1.807, 2.05) is 0 Å². The molecule has 0 aliphatic heterocycles. The van der Waals surface area contributed by atoms with Gasteiger partial charge in [-0.2, -0.15) is 0 Å². The number of nitrogens with zero attached hydrogens (tertiary/aromatic N) is 3. The second-order valence-electron chi connectivity index (χ2n) is 5.97. The van der Waals surface area contributed by atoms with Gasteiger partial charge >= 0.3 is 0 Å². The van der Waals surface area contributed by atoms with Crippen LogP contribution in [0.25, 0.3) is 11.4 Å². The van der Waals surface area contributed by atoms with Gasteiger partial charge in [-0.1, -0.05) is 23.9 Å². The van der Waals surface area contributed by atoms with Gasteiger partial charge in [0.05, 0.1) is 5.25 Å². The Morgan fingerprint density at radius 2 is 1.96 bits per heavy atom. The first kappa shape index (κ1) is 19.8. The van der Waals surface area contributed by atoms with Gasteiger partial charge < -0.3 is 5.32 Å². The van der Waals surface area contributed by atoms with E-state index in [9.17, 15) is 13.6 Å². The molecular formula is C20H18F2N4OS. The summed E-state index contributed by atoms with van der Waals surface area (Å²) in [5, 5.41) is 11.1. The number of aromatic nitrogens is 3. The summed E-state index contributed by atoms with van der Waals surface area (Å²) in [5.41, 5.74) is 1.09. The number of hydrogen-bond acceptors (Lipinski definition) is 4. The van der Waals surface area contributed by atoms with Crippen LogP contribution in [-0.4, -0.2) is 25.9 Å². The zero-order chi connectivity index (χ0) is 20.1. The highest BCUT2D eigenvalue weighted by atomic mass is 32.2. The lowest BCUT2D eigenvalue weighted by Gasteiger charge is -2.13. The highest BCUT2D eigenvalue weighted by Gasteiger charge is 2.20. The Labute approximate surface area is 165 Å². The van der Waals surface area contributed by atoms with Crippen molar-refractivity contribution in [1.82, 2.24) is 14.8 Å². The third-order valence-corrected chi connectivity index (χ3v) is 4.95. The van der Waals surface area contributed by atoms with Gasteiger partial charge in [-0.05, 0) is 49.4 Å². The first-order valence-corrected chi connectivity index (χ1v) is 9.39. The maximum Gasteiger partial charge on any atom is 0.237 e. The van der Waals surface area contributed by atoms with Crippen LogP contribution in [0.1, 0.15) is 6.92 Å². The van der Waals surface area contributed by atoms with Crippen LogP contribution < -0.4 is 5.32 Å². The van der Waals surface area contributed by atoms with Crippen LogP contribution in [0.15, 0.2) is 66.3 Å². The normalized spacial score (nSPS) is 11.8. The monoisotopic (exact) mass is 400 g/mol. The quantitative estimate of drug-likeness (QED) is 0.468. The van der Waals surface area contributed by atoms with Gasteiger partial charge in [0.2, 0.25) is 5.91 Å². The molecule has 3 aromatic rings. The molecule has 5 nitrogen and oxygen atoms in total. The van der Waals surface area contributed by atoms with Crippen LogP contribution in [0.4, 0.5) is 14.5 Å². The molecular weight excluding hydrogens is 382 g/mol. The highest BCUT2D eigenvalue weighted by molar-refractivity contribution is 8.00. The average molecular weight is 400 g/mol. The Kier molecular flexibility index (Phi) is 6.20. The minimum atomic E-state index is -0.503. The van der Waals surface area contributed by atoms with Crippen LogP contribution in [0.5, 0.6) is 0 Å². The SMILES string of the molecule is C=CCn1c(S[C@@H](C)C(=O)Nc2cccc(F)c2)nnc1-c1ccc(F)cc1. The maximum absolute atomic E-state index is 13.3. The molecule has 28 heavy (non-hydrogen) atoms. The second-order valence-corrected chi connectivity index (χ2v) is 7.28. The molecule has 0 unspecified atom stereocenters. The van der Waals surface area contributed by atoms with E-state index in [-0.39, 0.29) is 11.7 Å². The fourth-order valence-corrected chi connectivity index (χ4v) is 3.36. The summed E-state index contributed by atoms with van der Waals surface area (Å²) in [6.07, 6.45) is 1.69. The summed E-state index contributed by atoms with van der Waals surface area (Å²) in [6, 6.07) is 11.6. The fourth-order valence-electron chi connectivity index (χ4n) is 2.50. The van der Waals surface area contributed by atoms with E-state index >= 15 is 0 Å². The minimum Gasteiger partial charge on any atom is -0.325 e. The third kappa shape index (κ3) is 4.64. The van der Waals surface area contributed by atoms with E-state index in [0.717, 1.165) is 0 Å². The summed E-state index contributed by atoms with van der Waals surface area (Å²) in [5.74, 6) is -0.490. The van der Waals surface area contributed by atoms with Crippen molar-refractivity contribution >= 4 is 23.4 Å². The minimum absolute atomic E-state index is 0.285. The van der Waals surface area contributed by atoms with Gasteiger partial charge in [0, 0.05) is 17.8 Å². The molecule has 0 fully saturated rings. The van der Waals surface area contributed by atoms with E-state index in [2.05, 4.69) is 22.1 Å². The van der Waals surface area contributed by atoms with E-state index in [4.69, 9.17) is 0 Å². The number of amides is 1. The number of thioether (sulfide) groups is 1. The molecule has 0 bridgehead atoms. The van der Waals surface area contributed by atoms with Crippen molar-refractivity contribution in [1.29, 1.82) is 0 Å². The fraction of sp³-hybridized carbons (Fsp3) is 0.150. The lowest BCUT2D eigenvalue weighted by Crippen LogP contribution is -2.23. The number of allylic oxidation sites excluding steroid dienone is 1. The van der Waals surface area contributed by atoms with E-state index < -0.39 is 11.1 Å². The molecule has 0 saturated heterocycles. The number of anilines is 1. The van der Waals surface area contributed by atoms with Crippen LogP contribution in [-0.2, 0) is 11.3 Å². The zero-order valence-electron chi connectivity index (χ0n) is 15.1. The Morgan fingerprint density at radius 3 is 2.64 bits per heavy atom. The average Bonchev–Trinajstić information content (AvgIpc) is 3.05. The molecule has 8 heteroatoms. The lowest BCUT2D eigenvalue weighted by molar-refractivity contribution is -0.115. The standard InChI is InChI=1S/C20H18F2N4OS/c1-3-11-26-18(14-7-9-15(21)10-8-14)24-25-20(26)28-13(2)19(27)23-17-6-4-5-16(22)12-17/h3-10,12-13H,1,11H2,2H3,(H,23,27)/t13-/m0/s1. The van der Waals surface area contributed by atoms with Crippen molar-refractivity contribution in [3.63, 3.8) is 0 Å². The molecule has 1 N–H and O–H groups in total. The lowest BCUT2D eigenvalue weighted by atomic mass is 10.2. The number of carbonyl (C=O) groups excluding carboxylic acids is 1. The van der Waals surface area contributed by atoms with Gasteiger partial charge in [0.25, 0.3) is 0 Å². The van der Waals surface area contributed by atoms with Crippen molar-refractivity contribution in [2.45, 2.75) is 23.9 Å². The summed E-state index contributed by atoms with van der Waals surface area (Å²) in [4.78, 5) is 12.4. The Balaban J connectivity index is 1.78. The first-order valence-electron chi connectivity index (χ1n) is 8.51. The second kappa shape index (κ2) is 8.79. The van der Waals surface area contributed by atoms with Crippen LogP contribution in [0.3, 0.4) is 0 Å². The Morgan fingerprint density at radius 1 is 1.21 bits per heavy atom. The first-order chi connectivity index (χ1) is 13.5. The predicted molar refractivity (Wildman–Crippen MR) is 106 cm³/mol. The van der Waals surface area contributed by atoms with Crippen molar-refractivity contribution in [3.8, 4) is 11.4 Å². The summed E-state index contributed by atoms with van der Waals surface area (Å²) in [7, 11) is 0. The zero-order valence-corrected chi connectivity index (χ0v) is 15.9. The molecule has 1 amide bonds. The van der Waals surface area contributed by atoms with Gasteiger partial charge in [0.15, 0.2) is 11.0 Å². The van der Waals surface area contributed by atoms with E-state index in [1.165, 1.54) is 42.1 Å². The van der Waals surface area contributed by atoms with Crippen molar-refractivity contribution in [2.24, 2.45) is 0 Å². The van der Waals surface area contributed by atoms with E-state index in [0.29, 0.717) is 28.8 Å². The van der Waals surface area contributed by atoms with Crippen LogP contribution >= 0.6 is 11.8 Å². The number of halogens is 2. The topological polar surface area (TPSA) is 59.8 Å². The number of nitrogens with one attached hydrogen (secondary N) is 1. The molecule has 0 saturated carbocycles. The molecule has 1 aromatic heterocycles. The molecule has 0 aliphatic carbocycles. The Hall–Kier alpha value is -3.00. The molecule has 0 spiro atoms. The summed E-state index contributed by atoms with van der Waals surface area (Å²) in [6.45, 7) is 5.90. The van der Waals surface area contributed by atoms with Crippen molar-refractivity contribution in [3.05, 3.63) is 72.8 Å². The summed E-state index contributed by atoms with van der Waals surface area (Å²) >= 11 is 1.22. The number of hydrogen-bond donors (Lipinski definition) is 1. The van der Waals surface area contributed by atoms with Crippen LogP contribution in [0.2, 0.25) is 0 Å². The molecule has 2 aromatic carbocycles.